The summed E-state index contributed by atoms with van der Waals surface area (Å²) in [5, 5.41) is 11.8. The maximum Gasteiger partial charge on any atom is 0.217 e. The van der Waals surface area contributed by atoms with Crippen molar-refractivity contribution in [3.63, 3.8) is 0 Å². The third-order valence-corrected chi connectivity index (χ3v) is 3.04. The number of carbonyl (C=O) groups excluding carboxylic acids is 1. The molecular formula is C15H14N2O. The van der Waals surface area contributed by atoms with Crippen LogP contribution in [0.15, 0.2) is 24.3 Å². The standard InChI is InChI=1S/C15H14N2O/c1-12(18)17-9-3-5-13-4-2-6-14(10-13)15(11-16)7-8-15/h2,4,6,10H,7-9H2,1H3,(H,17,18). The molecule has 1 fully saturated rings. The second kappa shape index (κ2) is 4.94. The molecule has 1 amide bonds. The van der Waals surface area contributed by atoms with Gasteiger partial charge in [0.2, 0.25) is 5.91 Å². The molecule has 0 heterocycles. The fraction of sp³-hybridized carbons (Fsp3) is 0.333. The Morgan fingerprint density at radius 2 is 2.28 bits per heavy atom. The molecule has 0 radical (unpaired) electrons. The third kappa shape index (κ3) is 2.70. The summed E-state index contributed by atoms with van der Waals surface area (Å²) in [7, 11) is 0. The summed E-state index contributed by atoms with van der Waals surface area (Å²) in [6.45, 7) is 1.81. The van der Waals surface area contributed by atoms with Gasteiger partial charge in [-0.25, -0.2) is 0 Å². The Morgan fingerprint density at radius 1 is 1.50 bits per heavy atom. The van der Waals surface area contributed by atoms with Crippen molar-refractivity contribution in [2.45, 2.75) is 25.2 Å². The van der Waals surface area contributed by atoms with Crippen LogP contribution in [0.5, 0.6) is 0 Å². The zero-order valence-corrected chi connectivity index (χ0v) is 10.3. The SMILES string of the molecule is CC(=O)NCC#Cc1cccc(C2(C#N)CC2)c1. The minimum Gasteiger partial charge on any atom is -0.345 e. The number of benzene rings is 1. The molecule has 2 rings (SSSR count). The number of hydrogen-bond acceptors (Lipinski definition) is 2. The third-order valence-electron chi connectivity index (χ3n) is 3.04. The summed E-state index contributed by atoms with van der Waals surface area (Å²) in [6, 6.07) is 10.2. The first-order valence-corrected chi connectivity index (χ1v) is 5.91. The molecule has 0 aromatic heterocycles. The molecule has 1 aliphatic rings. The van der Waals surface area contributed by atoms with E-state index < -0.39 is 0 Å². The lowest BCUT2D eigenvalue weighted by Gasteiger charge is -2.05. The van der Waals surface area contributed by atoms with Gasteiger partial charge in [0.25, 0.3) is 0 Å². The van der Waals surface area contributed by atoms with Crippen molar-refractivity contribution in [2.75, 3.05) is 6.54 Å². The molecule has 1 N–H and O–H groups in total. The molecule has 3 heteroatoms. The second-order valence-electron chi connectivity index (χ2n) is 4.49. The summed E-state index contributed by atoms with van der Waals surface area (Å²) in [4.78, 5) is 10.7. The quantitative estimate of drug-likeness (QED) is 0.798. The highest BCUT2D eigenvalue weighted by atomic mass is 16.1. The van der Waals surface area contributed by atoms with Crippen molar-refractivity contribution in [1.29, 1.82) is 5.26 Å². The first kappa shape index (κ1) is 12.2. The van der Waals surface area contributed by atoms with E-state index >= 15 is 0 Å². The highest BCUT2D eigenvalue weighted by molar-refractivity contribution is 5.73. The van der Waals surface area contributed by atoms with Crippen LogP contribution in [0, 0.1) is 23.2 Å². The van der Waals surface area contributed by atoms with Crippen LogP contribution in [0.3, 0.4) is 0 Å². The predicted octanol–water partition coefficient (Wildman–Crippen LogP) is 1.73. The van der Waals surface area contributed by atoms with Crippen molar-refractivity contribution >= 4 is 5.91 Å². The van der Waals surface area contributed by atoms with E-state index in [4.69, 9.17) is 5.26 Å². The molecule has 18 heavy (non-hydrogen) atoms. The van der Waals surface area contributed by atoms with Gasteiger partial charge in [-0.3, -0.25) is 4.79 Å². The Balaban J connectivity index is 2.09. The van der Waals surface area contributed by atoms with E-state index in [9.17, 15) is 4.79 Å². The highest BCUT2D eigenvalue weighted by Gasteiger charge is 2.44. The van der Waals surface area contributed by atoms with Crippen molar-refractivity contribution in [3.8, 4) is 17.9 Å². The molecule has 0 unspecified atom stereocenters. The Bertz CT molecular complexity index is 568. The first-order chi connectivity index (χ1) is 8.66. The van der Waals surface area contributed by atoms with Gasteiger partial charge in [-0.05, 0) is 30.5 Å². The summed E-state index contributed by atoms with van der Waals surface area (Å²) < 4.78 is 0. The van der Waals surface area contributed by atoms with E-state index in [1.807, 2.05) is 24.3 Å². The van der Waals surface area contributed by atoms with Crippen LogP contribution in [0.4, 0.5) is 0 Å². The zero-order valence-electron chi connectivity index (χ0n) is 10.3. The smallest absolute Gasteiger partial charge is 0.217 e. The maximum atomic E-state index is 10.7. The number of nitriles is 1. The van der Waals surface area contributed by atoms with Crippen LogP contribution in [0.25, 0.3) is 0 Å². The normalized spacial score (nSPS) is 14.9. The van der Waals surface area contributed by atoms with Crippen LogP contribution in [0.1, 0.15) is 30.9 Å². The zero-order chi connectivity index (χ0) is 13.0. The van der Waals surface area contributed by atoms with Gasteiger partial charge in [-0.15, -0.1) is 0 Å². The molecule has 0 bridgehead atoms. The molecule has 0 saturated heterocycles. The van der Waals surface area contributed by atoms with Gasteiger partial charge < -0.3 is 5.32 Å². The summed E-state index contributed by atoms with van der Waals surface area (Å²) in [6.07, 6.45) is 1.87. The number of nitrogens with one attached hydrogen (secondary N) is 1. The fourth-order valence-corrected chi connectivity index (χ4v) is 1.80. The van der Waals surface area contributed by atoms with Gasteiger partial charge in [-0.2, -0.15) is 5.26 Å². The number of rotatable bonds is 2. The number of nitrogens with zero attached hydrogens (tertiary/aromatic N) is 1. The summed E-state index contributed by atoms with van der Waals surface area (Å²) >= 11 is 0. The van der Waals surface area contributed by atoms with Crippen molar-refractivity contribution < 1.29 is 4.79 Å². The van der Waals surface area contributed by atoms with E-state index in [0.29, 0.717) is 6.54 Å². The number of carbonyl (C=O) groups is 1. The number of amides is 1. The minimum absolute atomic E-state index is 0.0838. The van der Waals surface area contributed by atoms with Gasteiger partial charge in [0.15, 0.2) is 0 Å². The molecular weight excluding hydrogens is 224 g/mol. The van der Waals surface area contributed by atoms with E-state index in [1.54, 1.807) is 0 Å². The topological polar surface area (TPSA) is 52.9 Å². The van der Waals surface area contributed by atoms with Gasteiger partial charge in [0.05, 0.1) is 18.0 Å². The van der Waals surface area contributed by atoms with Crippen LogP contribution in [-0.2, 0) is 10.2 Å². The fourth-order valence-electron chi connectivity index (χ4n) is 1.80. The molecule has 3 nitrogen and oxygen atoms in total. The molecule has 1 aliphatic carbocycles. The first-order valence-electron chi connectivity index (χ1n) is 5.91. The average molecular weight is 238 g/mol. The molecule has 1 saturated carbocycles. The Kier molecular flexibility index (Phi) is 3.35. The molecule has 0 aliphatic heterocycles. The summed E-state index contributed by atoms with van der Waals surface area (Å²) in [5.41, 5.74) is 1.67. The molecule has 1 aromatic rings. The monoisotopic (exact) mass is 238 g/mol. The Hall–Kier alpha value is -2.26. The lowest BCUT2D eigenvalue weighted by Crippen LogP contribution is -2.19. The van der Waals surface area contributed by atoms with Gasteiger partial charge in [0.1, 0.15) is 0 Å². The molecule has 90 valence electrons. The lowest BCUT2D eigenvalue weighted by atomic mass is 9.96. The van der Waals surface area contributed by atoms with Crippen molar-refractivity contribution in [2.24, 2.45) is 0 Å². The van der Waals surface area contributed by atoms with Gasteiger partial charge in [-0.1, -0.05) is 24.0 Å². The van der Waals surface area contributed by atoms with E-state index in [1.165, 1.54) is 6.92 Å². The van der Waals surface area contributed by atoms with Gasteiger partial charge in [0, 0.05) is 12.5 Å². The largest absolute Gasteiger partial charge is 0.345 e. The Labute approximate surface area is 107 Å². The van der Waals surface area contributed by atoms with Gasteiger partial charge >= 0.3 is 0 Å². The van der Waals surface area contributed by atoms with Crippen molar-refractivity contribution in [3.05, 3.63) is 35.4 Å². The van der Waals surface area contributed by atoms with Crippen LogP contribution in [0.2, 0.25) is 0 Å². The maximum absolute atomic E-state index is 10.7. The summed E-state index contributed by atoms with van der Waals surface area (Å²) in [5.74, 6) is 5.79. The average Bonchev–Trinajstić information content (AvgIpc) is 3.16. The van der Waals surface area contributed by atoms with Crippen LogP contribution < -0.4 is 5.32 Å². The molecule has 0 atom stereocenters. The number of hydrogen-bond donors (Lipinski definition) is 1. The van der Waals surface area contributed by atoms with E-state index in [2.05, 4.69) is 23.2 Å². The van der Waals surface area contributed by atoms with E-state index in [0.717, 1.165) is 24.0 Å². The molecule has 1 aromatic carbocycles. The predicted molar refractivity (Wildman–Crippen MR) is 68.5 cm³/mol. The lowest BCUT2D eigenvalue weighted by molar-refractivity contribution is -0.118. The minimum atomic E-state index is -0.269. The van der Waals surface area contributed by atoms with E-state index in [-0.39, 0.29) is 11.3 Å². The van der Waals surface area contributed by atoms with Crippen LogP contribution in [-0.4, -0.2) is 12.5 Å². The Morgan fingerprint density at radius 3 is 2.89 bits per heavy atom. The highest BCUT2D eigenvalue weighted by Crippen LogP contribution is 2.47. The molecule has 0 spiro atoms. The second-order valence-corrected chi connectivity index (χ2v) is 4.49. The van der Waals surface area contributed by atoms with Crippen molar-refractivity contribution in [1.82, 2.24) is 5.32 Å². The van der Waals surface area contributed by atoms with Crippen LogP contribution >= 0.6 is 0 Å².